The summed E-state index contributed by atoms with van der Waals surface area (Å²) in [5.74, 6) is 1.04. The van der Waals surface area contributed by atoms with Crippen molar-refractivity contribution in [3.8, 4) is 5.75 Å². The van der Waals surface area contributed by atoms with Crippen LogP contribution >= 0.6 is 0 Å². The van der Waals surface area contributed by atoms with Crippen LogP contribution in [0.5, 0.6) is 5.75 Å². The molecule has 3 heteroatoms. The molecule has 0 saturated heterocycles. The Hall–Kier alpha value is -1.06. The van der Waals surface area contributed by atoms with Crippen LogP contribution in [0.3, 0.4) is 0 Å². The first-order chi connectivity index (χ1) is 7.72. The maximum absolute atomic E-state index is 9.08. The number of rotatable bonds is 6. The third-order valence-electron chi connectivity index (χ3n) is 2.95. The molecule has 2 unspecified atom stereocenters. The number of hydrogen-bond acceptors (Lipinski definition) is 3. The number of ether oxygens (including phenoxy) is 1. The molecule has 3 nitrogen and oxygen atoms in total. The van der Waals surface area contributed by atoms with Crippen molar-refractivity contribution < 1.29 is 9.84 Å². The Labute approximate surface area is 97.2 Å². The van der Waals surface area contributed by atoms with Crippen LogP contribution in [0.4, 0.5) is 0 Å². The molecule has 0 aliphatic carbocycles. The number of benzene rings is 1. The van der Waals surface area contributed by atoms with Gasteiger partial charge in [0.15, 0.2) is 0 Å². The van der Waals surface area contributed by atoms with Crippen LogP contribution in [0.1, 0.15) is 31.2 Å². The van der Waals surface area contributed by atoms with Crippen molar-refractivity contribution in [3.05, 3.63) is 29.8 Å². The summed E-state index contributed by atoms with van der Waals surface area (Å²) >= 11 is 0. The van der Waals surface area contributed by atoms with Gasteiger partial charge < -0.3 is 15.6 Å². The molecule has 0 saturated carbocycles. The van der Waals surface area contributed by atoms with Gasteiger partial charge in [0.2, 0.25) is 0 Å². The number of methoxy groups -OCH3 is 1. The number of aliphatic hydroxyl groups excluding tert-OH is 1. The Morgan fingerprint density at radius 2 is 2.19 bits per heavy atom. The van der Waals surface area contributed by atoms with Crippen molar-refractivity contribution in [2.45, 2.75) is 31.7 Å². The minimum absolute atomic E-state index is 0.0826. The molecule has 0 bridgehead atoms. The van der Waals surface area contributed by atoms with Gasteiger partial charge in [-0.2, -0.15) is 0 Å². The van der Waals surface area contributed by atoms with Crippen LogP contribution in [0.2, 0.25) is 0 Å². The fourth-order valence-electron chi connectivity index (χ4n) is 1.92. The molecule has 2 atom stereocenters. The summed E-state index contributed by atoms with van der Waals surface area (Å²) in [5.41, 5.74) is 7.22. The summed E-state index contributed by atoms with van der Waals surface area (Å²) in [6.07, 6.45) is 1.60. The fraction of sp³-hybridized carbons (Fsp3) is 0.538. The van der Waals surface area contributed by atoms with Crippen molar-refractivity contribution in [3.63, 3.8) is 0 Å². The number of nitrogens with two attached hydrogens (primary N) is 1. The van der Waals surface area contributed by atoms with Crippen molar-refractivity contribution in [2.24, 2.45) is 5.73 Å². The minimum atomic E-state index is 0.0826. The van der Waals surface area contributed by atoms with Crippen LogP contribution < -0.4 is 10.5 Å². The van der Waals surface area contributed by atoms with E-state index in [0.717, 1.165) is 17.7 Å². The van der Waals surface area contributed by atoms with E-state index in [9.17, 15) is 0 Å². The average Bonchev–Trinajstić information content (AvgIpc) is 2.35. The molecule has 1 aromatic rings. The molecular weight excluding hydrogens is 202 g/mol. The normalized spacial score (nSPS) is 14.5. The zero-order valence-electron chi connectivity index (χ0n) is 10.0. The lowest BCUT2D eigenvalue weighted by Gasteiger charge is -2.23. The van der Waals surface area contributed by atoms with E-state index in [1.807, 2.05) is 24.3 Å². The second-order valence-corrected chi connectivity index (χ2v) is 3.97. The molecule has 1 aromatic carbocycles. The zero-order chi connectivity index (χ0) is 12.0. The van der Waals surface area contributed by atoms with Gasteiger partial charge in [0.05, 0.1) is 7.11 Å². The maximum Gasteiger partial charge on any atom is 0.119 e. The first-order valence-corrected chi connectivity index (χ1v) is 5.73. The molecule has 0 aromatic heterocycles. The van der Waals surface area contributed by atoms with Gasteiger partial charge in [-0.1, -0.05) is 19.1 Å². The van der Waals surface area contributed by atoms with E-state index in [1.165, 1.54) is 0 Å². The van der Waals surface area contributed by atoms with Gasteiger partial charge in [-0.3, -0.25) is 0 Å². The highest BCUT2D eigenvalue weighted by molar-refractivity contribution is 5.31. The zero-order valence-corrected chi connectivity index (χ0v) is 10.0. The predicted molar refractivity (Wildman–Crippen MR) is 65.7 cm³/mol. The summed E-state index contributed by atoms with van der Waals surface area (Å²) in [6.45, 7) is 2.23. The summed E-state index contributed by atoms with van der Waals surface area (Å²) in [7, 11) is 1.65. The molecule has 0 spiro atoms. The van der Waals surface area contributed by atoms with Gasteiger partial charge in [0, 0.05) is 18.6 Å². The monoisotopic (exact) mass is 223 g/mol. The lowest BCUT2D eigenvalue weighted by molar-refractivity contribution is 0.266. The van der Waals surface area contributed by atoms with E-state index in [4.69, 9.17) is 15.6 Å². The summed E-state index contributed by atoms with van der Waals surface area (Å²) in [4.78, 5) is 0. The van der Waals surface area contributed by atoms with Gasteiger partial charge in [-0.15, -0.1) is 0 Å². The van der Waals surface area contributed by atoms with Crippen molar-refractivity contribution in [2.75, 3.05) is 13.7 Å². The molecule has 3 N–H and O–H groups in total. The first kappa shape index (κ1) is 13.0. The molecule has 0 fully saturated rings. The smallest absolute Gasteiger partial charge is 0.119 e. The Bertz CT molecular complexity index is 315. The third-order valence-corrected chi connectivity index (χ3v) is 2.95. The van der Waals surface area contributed by atoms with E-state index < -0.39 is 0 Å². The van der Waals surface area contributed by atoms with E-state index in [-0.39, 0.29) is 18.6 Å². The molecule has 0 aliphatic rings. The second-order valence-electron chi connectivity index (χ2n) is 3.97. The Balaban J connectivity index is 2.90. The van der Waals surface area contributed by atoms with Crippen molar-refractivity contribution in [1.29, 1.82) is 0 Å². The van der Waals surface area contributed by atoms with Crippen LogP contribution in [0, 0.1) is 0 Å². The standard InChI is InChI=1S/C13H21NO2/c1-3-13(14)12(7-8-15)10-5-4-6-11(9-10)16-2/h4-6,9,12-13,15H,3,7-8,14H2,1-2H3. The highest BCUT2D eigenvalue weighted by Crippen LogP contribution is 2.26. The molecule has 16 heavy (non-hydrogen) atoms. The third kappa shape index (κ3) is 3.22. The van der Waals surface area contributed by atoms with Gasteiger partial charge in [0.1, 0.15) is 5.75 Å². The molecule has 0 radical (unpaired) electrons. The van der Waals surface area contributed by atoms with E-state index in [1.54, 1.807) is 7.11 Å². The lowest BCUT2D eigenvalue weighted by atomic mass is 9.88. The van der Waals surface area contributed by atoms with Gasteiger partial charge in [-0.25, -0.2) is 0 Å². The molecule has 0 aliphatic heterocycles. The average molecular weight is 223 g/mol. The summed E-state index contributed by atoms with van der Waals surface area (Å²) < 4.78 is 5.19. The fourth-order valence-corrected chi connectivity index (χ4v) is 1.92. The van der Waals surface area contributed by atoms with E-state index in [0.29, 0.717) is 6.42 Å². The second kappa shape index (κ2) is 6.51. The number of hydrogen-bond donors (Lipinski definition) is 2. The van der Waals surface area contributed by atoms with Crippen LogP contribution in [-0.4, -0.2) is 24.9 Å². The van der Waals surface area contributed by atoms with E-state index >= 15 is 0 Å². The van der Waals surface area contributed by atoms with Crippen LogP contribution in [0.15, 0.2) is 24.3 Å². The van der Waals surface area contributed by atoms with E-state index in [2.05, 4.69) is 6.92 Å². The largest absolute Gasteiger partial charge is 0.497 e. The van der Waals surface area contributed by atoms with Crippen LogP contribution in [-0.2, 0) is 0 Å². The van der Waals surface area contributed by atoms with Gasteiger partial charge >= 0.3 is 0 Å². The first-order valence-electron chi connectivity index (χ1n) is 5.73. The van der Waals surface area contributed by atoms with Gasteiger partial charge in [0.25, 0.3) is 0 Å². The maximum atomic E-state index is 9.08. The predicted octanol–water partition coefficient (Wildman–Crippen LogP) is 1.90. The van der Waals surface area contributed by atoms with Crippen molar-refractivity contribution in [1.82, 2.24) is 0 Å². The number of aliphatic hydroxyl groups is 1. The Morgan fingerprint density at radius 3 is 2.75 bits per heavy atom. The quantitative estimate of drug-likeness (QED) is 0.774. The molecular formula is C13H21NO2. The molecule has 0 heterocycles. The topological polar surface area (TPSA) is 55.5 Å². The SMILES string of the molecule is CCC(N)C(CCO)c1cccc(OC)c1. The molecule has 1 rings (SSSR count). The minimum Gasteiger partial charge on any atom is -0.497 e. The molecule has 0 amide bonds. The van der Waals surface area contributed by atoms with Gasteiger partial charge in [-0.05, 0) is 30.5 Å². The highest BCUT2D eigenvalue weighted by Gasteiger charge is 2.18. The Kier molecular flexibility index (Phi) is 5.29. The molecule has 90 valence electrons. The highest BCUT2D eigenvalue weighted by atomic mass is 16.5. The Morgan fingerprint density at radius 1 is 1.44 bits per heavy atom. The van der Waals surface area contributed by atoms with Crippen molar-refractivity contribution >= 4 is 0 Å². The summed E-state index contributed by atoms with van der Waals surface area (Å²) in [5, 5.41) is 9.08. The summed E-state index contributed by atoms with van der Waals surface area (Å²) in [6, 6.07) is 7.99. The van der Waals surface area contributed by atoms with Crippen LogP contribution in [0.25, 0.3) is 0 Å². The lowest BCUT2D eigenvalue weighted by Crippen LogP contribution is -2.28.